The number of aromatic nitrogens is 2. The molecule has 0 radical (unpaired) electrons. The van der Waals surface area contributed by atoms with Gasteiger partial charge >= 0.3 is 0 Å². The molecule has 1 heterocycles. The molecule has 0 fully saturated rings. The molecule has 0 bridgehead atoms. The van der Waals surface area contributed by atoms with Gasteiger partial charge in [0.25, 0.3) is 0 Å². The van der Waals surface area contributed by atoms with E-state index in [9.17, 15) is 0 Å². The zero-order valence-corrected chi connectivity index (χ0v) is 14.8. The second-order valence-corrected chi connectivity index (χ2v) is 6.25. The second-order valence-electron chi connectivity index (χ2n) is 5.41. The molecule has 0 saturated carbocycles. The maximum absolute atomic E-state index is 6.17. The molecule has 0 amide bonds. The fourth-order valence-corrected chi connectivity index (χ4v) is 2.49. The number of anilines is 2. The standard InChI is InChI=1S/C16H21Cl2N5/c1-23(2)10-9-21-16-20-8-6-15(22-16)19-7-5-12-3-4-13(17)11-14(12)18/h3-4,6,8,11H,5,7,9-10H2,1-2H3,(H2,19,20,21,22). The largest absolute Gasteiger partial charge is 0.370 e. The molecule has 23 heavy (non-hydrogen) atoms. The quantitative estimate of drug-likeness (QED) is 0.761. The Morgan fingerprint density at radius 3 is 2.65 bits per heavy atom. The molecule has 0 aliphatic heterocycles. The van der Waals surface area contributed by atoms with Gasteiger partial charge in [0, 0.05) is 35.9 Å². The summed E-state index contributed by atoms with van der Waals surface area (Å²) in [6, 6.07) is 7.40. The van der Waals surface area contributed by atoms with Crippen LogP contribution in [0.15, 0.2) is 30.5 Å². The minimum absolute atomic E-state index is 0.626. The third-order valence-corrected chi connectivity index (χ3v) is 3.80. The van der Waals surface area contributed by atoms with E-state index < -0.39 is 0 Å². The molecule has 7 heteroatoms. The first-order valence-corrected chi connectivity index (χ1v) is 8.19. The van der Waals surface area contributed by atoms with E-state index in [2.05, 4.69) is 25.5 Å². The lowest BCUT2D eigenvalue weighted by Crippen LogP contribution is -2.21. The Morgan fingerprint density at radius 2 is 1.91 bits per heavy atom. The fourth-order valence-electron chi connectivity index (χ4n) is 1.98. The Morgan fingerprint density at radius 1 is 1.09 bits per heavy atom. The fraction of sp³-hybridized carbons (Fsp3) is 0.375. The van der Waals surface area contributed by atoms with E-state index in [1.165, 1.54) is 0 Å². The maximum atomic E-state index is 6.17. The summed E-state index contributed by atoms with van der Waals surface area (Å²) in [6.07, 6.45) is 2.53. The summed E-state index contributed by atoms with van der Waals surface area (Å²) in [6.45, 7) is 2.46. The average Bonchev–Trinajstić information content (AvgIpc) is 2.49. The normalized spacial score (nSPS) is 10.8. The van der Waals surface area contributed by atoms with Crippen LogP contribution in [0, 0.1) is 0 Å². The summed E-state index contributed by atoms with van der Waals surface area (Å²) in [5.74, 6) is 1.42. The van der Waals surface area contributed by atoms with Crippen LogP contribution in [0.5, 0.6) is 0 Å². The molecule has 2 N–H and O–H groups in total. The van der Waals surface area contributed by atoms with Gasteiger partial charge in [-0.05, 0) is 44.3 Å². The topological polar surface area (TPSA) is 53.1 Å². The lowest BCUT2D eigenvalue weighted by Gasteiger charge is -2.11. The van der Waals surface area contributed by atoms with Crippen LogP contribution < -0.4 is 10.6 Å². The summed E-state index contributed by atoms with van der Waals surface area (Å²) in [5.41, 5.74) is 1.06. The van der Waals surface area contributed by atoms with Crippen molar-refractivity contribution in [3.63, 3.8) is 0 Å². The van der Waals surface area contributed by atoms with E-state index in [4.69, 9.17) is 23.2 Å². The number of hydrogen-bond donors (Lipinski definition) is 2. The molecule has 2 rings (SSSR count). The maximum Gasteiger partial charge on any atom is 0.224 e. The van der Waals surface area contributed by atoms with Crippen LogP contribution in [0.25, 0.3) is 0 Å². The third-order valence-electron chi connectivity index (χ3n) is 3.21. The van der Waals surface area contributed by atoms with Crippen LogP contribution in [0.3, 0.4) is 0 Å². The van der Waals surface area contributed by atoms with E-state index in [0.717, 1.165) is 37.4 Å². The van der Waals surface area contributed by atoms with Crippen molar-refractivity contribution in [2.24, 2.45) is 0 Å². The molecule has 0 atom stereocenters. The predicted molar refractivity (Wildman–Crippen MR) is 97.7 cm³/mol. The van der Waals surface area contributed by atoms with Crippen LogP contribution >= 0.6 is 23.2 Å². The predicted octanol–water partition coefficient (Wildman–Crippen LogP) is 3.41. The summed E-state index contributed by atoms with van der Waals surface area (Å²) in [4.78, 5) is 10.7. The highest BCUT2D eigenvalue weighted by Gasteiger charge is 2.03. The molecule has 0 unspecified atom stereocenters. The van der Waals surface area contributed by atoms with Gasteiger partial charge in [0.1, 0.15) is 5.82 Å². The Labute approximate surface area is 147 Å². The summed E-state index contributed by atoms with van der Waals surface area (Å²) in [7, 11) is 4.06. The van der Waals surface area contributed by atoms with Gasteiger partial charge in [-0.2, -0.15) is 4.98 Å². The highest BCUT2D eigenvalue weighted by molar-refractivity contribution is 6.35. The van der Waals surface area contributed by atoms with Crippen LogP contribution in [0.1, 0.15) is 5.56 Å². The van der Waals surface area contributed by atoms with Gasteiger partial charge in [-0.15, -0.1) is 0 Å². The lowest BCUT2D eigenvalue weighted by molar-refractivity contribution is 0.425. The molecule has 2 aromatic rings. The van der Waals surface area contributed by atoms with Crippen molar-refractivity contribution in [2.75, 3.05) is 44.4 Å². The summed E-state index contributed by atoms with van der Waals surface area (Å²) >= 11 is 12.1. The van der Waals surface area contributed by atoms with Crippen molar-refractivity contribution in [1.29, 1.82) is 0 Å². The van der Waals surface area contributed by atoms with Crippen LogP contribution in [0.4, 0.5) is 11.8 Å². The van der Waals surface area contributed by atoms with Gasteiger partial charge in [-0.25, -0.2) is 4.98 Å². The average molecular weight is 354 g/mol. The van der Waals surface area contributed by atoms with Gasteiger partial charge in [0.2, 0.25) is 5.95 Å². The molecular formula is C16H21Cl2N5. The second kappa shape index (κ2) is 8.91. The van der Waals surface area contributed by atoms with Crippen molar-refractivity contribution in [3.8, 4) is 0 Å². The lowest BCUT2D eigenvalue weighted by atomic mass is 10.1. The van der Waals surface area contributed by atoms with Crippen LogP contribution in [0.2, 0.25) is 10.0 Å². The number of nitrogens with one attached hydrogen (secondary N) is 2. The number of benzene rings is 1. The van der Waals surface area contributed by atoms with E-state index >= 15 is 0 Å². The molecule has 0 aliphatic carbocycles. The smallest absolute Gasteiger partial charge is 0.224 e. The first-order chi connectivity index (χ1) is 11.0. The molecule has 0 spiro atoms. The number of nitrogens with zero attached hydrogens (tertiary/aromatic N) is 3. The molecule has 1 aromatic heterocycles. The Kier molecular flexibility index (Phi) is 6.89. The Balaban J connectivity index is 1.83. The number of halogens is 2. The van der Waals surface area contributed by atoms with E-state index in [0.29, 0.717) is 16.0 Å². The van der Waals surface area contributed by atoms with Gasteiger partial charge in [-0.3, -0.25) is 0 Å². The first kappa shape index (κ1) is 17.8. The molecule has 0 aliphatic rings. The zero-order valence-electron chi connectivity index (χ0n) is 13.3. The van der Waals surface area contributed by atoms with Gasteiger partial charge < -0.3 is 15.5 Å². The number of rotatable bonds is 8. The van der Waals surface area contributed by atoms with Gasteiger partial charge in [0.05, 0.1) is 0 Å². The van der Waals surface area contributed by atoms with E-state index in [-0.39, 0.29) is 0 Å². The molecular weight excluding hydrogens is 333 g/mol. The highest BCUT2D eigenvalue weighted by atomic mass is 35.5. The van der Waals surface area contributed by atoms with Crippen LogP contribution in [-0.2, 0) is 6.42 Å². The molecule has 0 saturated heterocycles. The van der Waals surface area contributed by atoms with Crippen molar-refractivity contribution in [1.82, 2.24) is 14.9 Å². The summed E-state index contributed by atoms with van der Waals surface area (Å²) < 4.78 is 0. The van der Waals surface area contributed by atoms with Crippen molar-refractivity contribution >= 4 is 35.0 Å². The van der Waals surface area contributed by atoms with Crippen molar-refractivity contribution in [3.05, 3.63) is 46.1 Å². The monoisotopic (exact) mass is 353 g/mol. The molecule has 5 nitrogen and oxygen atoms in total. The number of likely N-dealkylation sites (N-methyl/N-ethyl adjacent to an activating group) is 1. The highest BCUT2D eigenvalue weighted by Crippen LogP contribution is 2.21. The first-order valence-electron chi connectivity index (χ1n) is 7.44. The molecule has 1 aromatic carbocycles. The SMILES string of the molecule is CN(C)CCNc1nccc(NCCc2ccc(Cl)cc2Cl)n1. The van der Waals surface area contributed by atoms with Gasteiger partial charge in [0.15, 0.2) is 0 Å². The minimum atomic E-state index is 0.626. The van der Waals surface area contributed by atoms with Crippen molar-refractivity contribution < 1.29 is 0 Å². The van der Waals surface area contributed by atoms with Gasteiger partial charge in [-0.1, -0.05) is 29.3 Å². The van der Waals surface area contributed by atoms with E-state index in [1.807, 2.05) is 32.3 Å². The minimum Gasteiger partial charge on any atom is -0.370 e. The summed E-state index contributed by atoms with van der Waals surface area (Å²) in [5, 5.41) is 7.82. The van der Waals surface area contributed by atoms with E-state index in [1.54, 1.807) is 12.3 Å². The Bertz CT molecular complexity index is 634. The zero-order chi connectivity index (χ0) is 16.7. The molecule has 124 valence electrons. The Hall–Kier alpha value is -1.56. The van der Waals surface area contributed by atoms with Crippen LogP contribution in [-0.4, -0.2) is 48.6 Å². The van der Waals surface area contributed by atoms with Crippen molar-refractivity contribution in [2.45, 2.75) is 6.42 Å². The third kappa shape index (κ3) is 6.22. The number of hydrogen-bond acceptors (Lipinski definition) is 5.